The maximum atomic E-state index is 12.6. The summed E-state index contributed by atoms with van der Waals surface area (Å²) in [4.78, 5) is -1.17. The molecule has 0 aromatic heterocycles. The quantitative estimate of drug-likeness (QED) is 0.621. The predicted octanol–water partition coefficient (Wildman–Crippen LogP) is 3.01. The highest BCUT2D eigenvalue weighted by Gasteiger charge is 2.34. The van der Waals surface area contributed by atoms with Gasteiger partial charge in [0.25, 0.3) is 0 Å². The Labute approximate surface area is 96.4 Å². The topological polar surface area (TPSA) is 43.4 Å². The Balaban J connectivity index is 3.30. The minimum Gasteiger partial charge on any atom is -0.404 e. The zero-order chi connectivity index (χ0) is 12.6. The fourth-order valence-corrected chi connectivity index (χ4v) is 1.80. The van der Waals surface area contributed by atoms with Crippen molar-refractivity contribution in [1.29, 1.82) is 0 Å². The third-order valence-electron chi connectivity index (χ3n) is 1.39. The van der Waals surface area contributed by atoms with Crippen LogP contribution in [0.1, 0.15) is 0 Å². The summed E-state index contributed by atoms with van der Waals surface area (Å²) in [6, 6.07) is 2.45. The standard InChI is InChI=1S/C7H3BrF4O3S/c8-4-1-2-6(16(12,13)14)5(3-4)15-7(9,10)11/h1-3H. The zero-order valence-electron chi connectivity index (χ0n) is 7.25. The largest absolute Gasteiger partial charge is 0.573 e. The van der Waals surface area contributed by atoms with Crippen LogP contribution in [0.2, 0.25) is 0 Å². The highest BCUT2D eigenvalue weighted by molar-refractivity contribution is 9.10. The zero-order valence-corrected chi connectivity index (χ0v) is 9.66. The van der Waals surface area contributed by atoms with Gasteiger partial charge in [-0.05, 0) is 18.2 Å². The van der Waals surface area contributed by atoms with Gasteiger partial charge in [0.1, 0.15) is 4.90 Å². The van der Waals surface area contributed by atoms with E-state index in [4.69, 9.17) is 0 Å². The van der Waals surface area contributed by atoms with Crippen molar-refractivity contribution in [2.24, 2.45) is 0 Å². The SMILES string of the molecule is O=S(=O)(F)c1ccc(Br)cc1OC(F)(F)F. The normalized spacial score (nSPS) is 12.6. The first-order valence-corrected chi connectivity index (χ1v) is 5.77. The van der Waals surface area contributed by atoms with E-state index in [-0.39, 0.29) is 4.47 Å². The molecule has 90 valence electrons. The van der Waals surface area contributed by atoms with Gasteiger partial charge in [-0.2, -0.15) is 8.42 Å². The van der Waals surface area contributed by atoms with E-state index < -0.39 is 27.2 Å². The molecule has 0 fully saturated rings. The van der Waals surface area contributed by atoms with Crippen molar-refractivity contribution < 1.29 is 30.2 Å². The fraction of sp³-hybridized carbons (Fsp3) is 0.143. The maximum absolute atomic E-state index is 12.6. The Kier molecular flexibility index (Phi) is 3.48. The molecular formula is C7H3BrF4O3S. The first-order valence-electron chi connectivity index (χ1n) is 3.59. The first-order chi connectivity index (χ1) is 7.09. The summed E-state index contributed by atoms with van der Waals surface area (Å²) in [5.41, 5.74) is 0. The molecule has 0 amide bonds. The predicted molar refractivity (Wildman–Crippen MR) is 49.1 cm³/mol. The fourth-order valence-electron chi connectivity index (χ4n) is 0.888. The third-order valence-corrected chi connectivity index (χ3v) is 2.75. The van der Waals surface area contributed by atoms with Crippen LogP contribution >= 0.6 is 15.9 Å². The lowest BCUT2D eigenvalue weighted by Crippen LogP contribution is -2.18. The van der Waals surface area contributed by atoms with Gasteiger partial charge in [-0.15, -0.1) is 17.1 Å². The smallest absolute Gasteiger partial charge is 0.404 e. The van der Waals surface area contributed by atoms with E-state index in [2.05, 4.69) is 20.7 Å². The number of alkyl halides is 3. The van der Waals surface area contributed by atoms with Gasteiger partial charge in [-0.1, -0.05) is 15.9 Å². The van der Waals surface area contributed by atoms with Crippen LogP contribution in [0.4, 0.5) is 17.1 Å². The van der Waals surface area contributed by atoms with Crippen molar-refractivity contribution in [2.45, 2.75) is 11.3 Å². The second kappa shape index (κ2) is 4.21. The van der Waals surface area contributed by atoms with Crippen molar-refractivity contribution in [3.63, 3.8) is 0 Å². The number of ether oxygens (including phenoxy) is 1. The minimum absolute atomic E-state index is 0.124. The van der Waals surface area contributed by atoms with E-state index >= 15 is 0 Å². The molecule has 0 saturated carbocycles. The number of halogens is 5. The van der Waals surface area contributed by atoms with E-state index in [1.54, 1.807) is 0 Å². The highest BCUT2D eigenvalue weighted by Crippen LogP contribution is 2.32. The first kappa shape index (κ1) is 13.2. The van der Waals surface area contributed by atoms with Gasteiger partial charge in [0.05, 0.1) is 0 Å². The number of benzene rings is 1. The molecule has 0 aliphatic heterocycles. The van der Waals surface area contributed by atoms with Crippen molar-refractivity contribution in [1.82, 2.24) is 0 Å². The Morgan fingerprint density at radius 3 is 2.25 bits per heavy atom. The van der Waals surface area contributed by atoms with Crippen molar-refractivity contribution >= 4 is 26.2 Å². The van der Waals surface area contributed by atoms with Gasteiger partial charge in [0.15, 0.2) is 5.75 Å². The number of rotatable bonds is 2. The van der Waals surface area contributed by atoms with Crippen molar-refractivity contribution in [3.8, 4) is 5.75 Å². The van der Waals surface area contributed by atoms with Crippen LogP contribution in [0.15, 0.2) is 27.6 Å². The summed E-state index contributed by atoms with van der Waals surface area (Å²) in [6.45, 7) is 0. The van der Waals surface area contributed by atoms with E-state index in [0.717, 1.165) is 6.07 Å². The molecule has 9 heteroatoms. The number of hydrogen-bond acceptors (Lipinski definition) is 3. The highest BCUT2D eigenvalue weighted by atomic mass is 79.9. The molecule has 1 rings (SSSR count). The molecule has 0 heterocycles. The van der Waals surface area contributed by atoms with Crippen molar-refractivity contribution in [2.75, 3.05) is 0 Å². The Morgan fingerprint density at radius 1 is 1.25 bits per heavy atom. The van der Waals surface area contributed by atoms with Gasteiger partial charge in [0, 0.05) is 4.47 Å². The van der Waals surface area contributed by atoms with Crippen LogP contribution in [0.3, 0.4) is 0 Å². The monoisotopic (exact) mass is 322 g/mol. The lowest BCUT2D eigenvalue weighted by molar-refractivity contribution is -0.275. The lowest BCUT2D eigenvalue weighted by atomic mass is 10.3. The van der Waals surface area contributed by atoms with Crippen LogP contribution in [-0.4, -0.2) is 14.8 Å². The average Bonchev–Trinajstić information content (AvgIpc) is 1.97. The Hall–Kier alpha value is -0.830. The summed E-state index contributed by atoms with van der Waals surface area (Å²) < 4.78 is 72.8. The summed E-state index contributed by atoms with van der Waals surface area (Å²) in [7, 11) is -5.27. The van der Waals surface area contributed by atoms with Gasteiger partial charge in [-0.25, -0.2) is 0 Å². The molecule has 0 N–H and O–H groups in total. The van der Waals surface area contributed by atoms with Crippen LogP contribution in [0, 0.1) is 0 Å². The molecule has 1 aromatic rings. The summed E-state index contributed by atoms with van der Waals surface area (Å²) in [5.74, 6) is -1.12. The number of hydrogen-bond donors (Lipinski definition) is 0. The summed E-state index contributed by atoms with van der Waals surface area (Å²) >= 11 is 2.81. The molecule has 3 nitrogen and oxygen atoms in total. The summed E-state index contributed by atoms with van der Waals surface area (Å²) in [5, 5.41) is 0. The summed E-state index contributed by atoms with van der Waals surface area (Å²) in [6.07, 6.45) is -5.10. The molecule has 0 radical (unpaired) electrons. The van der Waals surface area contributed by atoms with Gasteiger partial charge < -0.3 is 4.74 Å². The van der Waals surface area contributed by atoms with Gasteiger partial charge in [-0.3, -0.25) is 0 Å². The molecule has 0 saturated heterocycles. The molecule has 1 aromatic carbocycles. The third kappa shape index (κ3) is 3.63. The van der Waals surface area contributed by atoms with E-state index in [9.17, 15) is 25.5 Å². The minimum atomic E-state index is -5.27. The average molecular weight is 323 g/mol. The molecule has 0 bridgehead atoms. The molecule has 0 unspecified atom stereocenters. The molecule has 0 spiro atoms. The second-order valence-electron chi connectivity index (χ2n) is 2.58. The van der Waals surface area contributed by atoms with Crippen LogP contribution in [0.5, 0.6) is 5.75 Å². The maximum Gasteiger partial charge on any atom is 0.573 e. The van der Waals surface area contributed by atoms with Crippen LogP contribution < -0.4 is 4.74 Å². The Bertz CT molecular complexity index is 497. The molecule has 0 atom stereocenters. The molecule has 16 heavy (non-hydrogen) atoms. The lowest BCUT2D eigenvalue weighted by Gasteiger charge is -2.11. The van der Waals surface area contributed by atoms with Crippen LogP contribution in [0.25, 0.3) is 0 Å². The molecular weight excluding hydrogens is 320 g/mol. The van der Waals surface area contributed by atoms with E-state index in [0.29, 0.717) is 12.1 Å². The van der Waals surface area contributed by atoms with Gasteiger partial charge >= 0.3 is 16.6 Å². The van der Waals surface area contributed by atoms with Crippen LogP contribution in [-0.2, 0) is 10.2 Å². The second-order valence-corrected chi connectivity index (χ2v) is 4.81. The van der Waals surface area contributed by atoms with Gasteiger partial charge in [0.2, 0.25) is 0 Å². The van der Waals surface area contributed by atoms with E-state index in [1.807, 2.05) is 0 Å². The van der Waals surface area contributed by atoms with Crippen molar-refractivity contribution in [3.05, 3.63) is 22.7 Å². The Morgan fingerprint density at radius 2 is 1.81 bits per heavy atom. The van der Waals surface area contributed by atoms with E-state index in [1.165, 1.54) is 0 Å². The molecule has 0 aliphatic carbocycles. The molecule has 0 aliphatic rings.